The van der Waals surface area contributed by atoms with Gasteiger partial charge in [0.25, 0.3) is 0 Å². The SMILES string of the molecule is CCCCNC(=O)[C@@H](CC)N(CCc1ccccc1)C(=O)CN(c1ccc(Cl)cc1C)S(C)(=O)=O. The van der Waals surface area contributed by atoms with E-state index >= 15 is 0 Å². The standard InChI is InChI=1S/C26H36ClN3O4S/c1-5-7-16-28-26(32)23(6-2)29(17-15-21-11-9-8-10-12-21)25(31)19-30(35(4,33)34)24-14-13-22(27)18-20(24)3/h8-14,18,23H,5-7,15-17,19H2,1-4H3,(H,28,32)/t23-/m1/s1. The minimum absolute atomic E-state index is 0.226. The van der Waals surface area contributed by atoms with Gasteiger partial charge in [-0.1, -0.05) is 62.2 Å². The van der Waals surface area contributed by atoms with Gasteiger partial charge in [-0.2, -0.15) is 0 Å². The van der Waals surface area contributed by atoms with Gasteiger partial charge in [-0.05, 0) is 55.5 Å². The van der Waals surface area contributed by atoms with Crippen molar-refractivity contribution in [3.05, 3.63) is 64.7 Å². The molecular formula is C26H36ClN3O4S. The third-order valence-electron chi connectivity index (χ3n) is 5.81. The van der Waals surface area contributed by atoms with Gasteiger partial charge in [0.05, 0.1) is 11.9 Å². The first-order valence-electron chi connectivity index (χ1n) is 11.9. The quantitative estimate of drug-likeness (QED) is 0.400. The molecule has 2 aromatic carbocycles. The fourth-order valence-corrected chi connectivity index (χ4v) is 5.03. The number of nitrogens with one attached hydrogen (secondary N) is 1. The van der Waals surface area contributed by atoms with Gasteiger partial charge in [-0.25, -0.2) is 8.42 Å². The van der Waals surface area contributed by atoms with Crippen molar-refractivity contribution in [2.45, 2.75) is 52.5 Å². The molecule has 0 spiro atoms. The molecule has 1 atom stereocenters. The molecule has 0 bridgehead atoms. The number of rotatable bonds is 13. The lowest BCUT2D eigenvalue weighted by atomic mass is 10.1. The zero-order chi connectivity index (χ0) is 26.0. The number of carbonyl (C=O) groups is 2. The van der Waals surface area contributed by atoms with Crippen LogP contribution in [0.1, 0.15) is 44.2 Å². The Balaban J connectivity index is 2.35. The van der Waals surface area contributed by atoms with Gasteiger partial charge < -0.3 is 10.2 Å². The topological polar surface area (TPSA) is 86.8 Å². The van der Waals surface area contributed by atoms with Gasteiger partial charge >= 0.3 is 0 Å². The molecule has 1 N–H and O–H groups in total. The number of amides is 2. The normalized spacial score (nSPS) is 12.1. The summed E-state index contributed by atoms with van der Waals surface area (Å²) in [5.41, 5.74) is 2.05. The molecule has 0 heterocycles. The molecule has 0 aliphatic rings. The van der Waals surface area contributed by atoms with Crippen molar-refractivity contribution in [2.75, 3.05) is 30.2 Å². The van der Waals surface area contributed by atoms with Crippen LogP contribution in [-0.2, 0) is 26.0 Å². The Hall–Kier alpha value is -2.58. The molecule has 2 rings (SSSR count). The number of anilines is 1. The van der Waals surface area contributed by atoms with Crippen LogP contribution in [0.2, 0.25) is 5.02 Å². The molecule has 192 valence electrons. The van der Waals surface area contributed by atoms with E-state index < -0.39 is 28.5 Å². The average molecular weight is 522 g/mol. The van der Waals surface area contributed by atoms with Gasteiger partial charge in [-0.15, -0.1) is 0 Å². The molecule has 35 heavy (non-hydrogen) atoms. The Morgan fingerprint density at radius 2 is 1.77 bits per heavy atom. The van der Waals surface area contributed by atoms with E-state index in [1.54, 1.807) is 25.1 Å². The third-order valence-corrected chi connectivity index (χ3v) is 7.17. The van der Waals surface area contributed by atoms with Crippen LogP contribution < -0.4 is 9.62 Å². The fourth-order valence-electron chi connectivity index (χ4n) is 3.90. The van der Waals surface area contributed by atoms with Crippen LogP contribution in [0.25, 0.3) is 0 Å². The number of hydrogen-bond acceptors (Lipinski definition) is 4. The van der Waals surface area contributed by atoms with Crippen LogP contribution in [0.15, 0.2) is 48.5 Å². The summed E-state index contributed by atoms with van der Waals surface area (Å²) in [7, 11) is -3.78. The Morgan fingerprint density at radius 1 is 1.09 bits per heavy atom. The highest BCUT2D eigenvalue weighted by molar-refractivity contribution is 7.92. The van der Waals surface area contributed by atoms with E-state index in [1.807, 2.05) is 44.2 Å². The smallest absolute Gasteiger partial charge is 0.244 e. The molecule has 7 nitrogen and oxygen atoms in total. The van der Waals surface area contributed by atoms with Crippen LogP contribution in [0.3, 0.4) is 0 Å². The lowest BCUT2D eigenvalue weighted by molar-refractivity contribution is -0.139. The molecule has 0 aliphatic heterocycles. The molecule has 2 amide bonds. The third kappa shape index (κ3) is 8.54. The molecule has 0 saturated heterocycles. The molecule has 0 aliphatic carbocycles. The minimum Gasteiger partial charge on any atom is -0.354 e. The molecule has 9 heteroatoms. The van der Waals surface area contributed by atoms with Crippen molar-refractivity contribution in [1.29, 1.82) is 0 Å². The molecule has 0 saturated carbocycles. The van der Waals surface area contributed by atoms with Crippen molar-refractivity contribution >= 4 is 39.1 Å². The zero-order valence-corrected chi connectivity index (χ0v) is 22.5. The van der Waals surface area contributed by atoms with Gasteiger partial charge in [0, 0.05) is 18.1 Å². The lowest BCUT2D eigenvalue weighted by Crippen LogP contribution is -2.53. The largest absolute Gasteiger partial charge is 0.354 e. The molecule has 0 fully saturated rings. The summed E-state index contributed by atoms with van der Waals surface area (Å²) in [5, 5.41) is 3.40. The van der Waals surface area contributed by atoms with Crippen LogP contribution in [-0.4, -0.2) is 57.1 Å². The highest BCUT2D eigenvalue weighted by Crippen LogP contribution is 2.26. The van der Waals surface area contributed by atoms with Gasteiger partial charge in [-0.3, -0.25) is 13.9 Å². The first kappa shape index (κ1) is 28.7. The Morgan fingerprint density at radius 3 is 2.34 bits per heavy atom. The Bertz CT molecular complexity index is 1090. The predicted octanol–water partition coefficient (Wildman–Crippen LogP) is 4.18. The van der Waals surface area contributed by atoms with E-state index in [4.69, 9.17) is 11.6 Å². The molecule has 0 unspecified atom stereocenters. The number of unbranched alkanes of at least 4 members (excludes halogenated alkanes) is 1. The second-order valence-electron chi connectivity index (χ2n) is 8.59. The number of benzene rings is 2. The molecule has 0 aromatic heterocycles. The van der Waals surface area contributed by atoms with Gasteiger partial charge in [0.15, 0.2) is 0 Å². The summed E-state index contributed by atoms with van der Waals surface area (Å²) in [6.07, 6.45) is 3.81. The van der Waals surface area contributed by atoms with Crippen LogP contribution in [0, 0.1) is 6.92 Å². The minimum atomic E-state index is -3.78. The maximum absolute atomic E-state index is 13.6. The molecule has 0 radical (unpaired) electrons. The number of carbonyl (C=O) groups excluding carboxylic acids is 2. The van der Waals surface area contributed by atoms with Crippen molar-refractivity contribution < 1.29 is 18.0 Å². The maximum atomic E-state index is 13.6. The number of halogens is 1. The van der Waals surface area contributed by atoms with Crippen LogP contribution >= 0.6 is 11.6 Å². The van der Waals surface area contributed by atoms with Gasteiger partial charge in [0.1, 0.15) is 12.6 Å². The summed E-state index contributed by atoms with van der Waals surface area (Å²) in [6, 6.07) is 13.8. The van der Waals surface area contributed by atoms with Gasteiger partial charge in [0.2, 0.25) is 21.8 Å². The lowest BCUT2D eigenvalue weighted by Gasteiger charge is -2.33. The average Bonchev–Trinajstić information content (AvgIpc) is 2.80. The Kier molecular flexibility index (Phi) is 11.0. The van der Waals surface area contributed by atoms with E-state index in [9.17, 15) is 18.0 Å². The summed E-state index contributed by atoms with van der Waals surface area (Å²) in [6.45, 7) is 6.05. The monoisotopic (exact) mass is 521 g/mol. The van der Waals surface area contributed by atoms with Crippen molar-refractivity contribution in [2.24, 2.45) is 0 Å². The van der Waals surface area contributed by atoms with E-state index in [-0.39, 0.29) is 5.91 Å². The number of aryl methyl sites for hydroxylation is 1. The summed E-state index contributed by atoms with van der Waals surface area (Å²) >= 11 is 6.05. The second kappa shape index (κ2) is 13.5. The highest BCUT2D eigenvalue weighted by atomic mass is 35.5. The van der Waals surface area contributed by atoms with E-state index in [2.05, 4.69) is 5.32 Å². The summed E-state index contributed by atoms with van der Waals surface area (Å²) < 4.78 is 26.5. The highest BCUT2D eigenvalue weighted by Gasteiger charge is 2.31. The second-order valence-corrected chi connectivity index (χ2v) is 10.9. The van der Waals surface area contributed by atoms with E-state index in [0.29, 0.717) is 42.2 Å². The first-order valence-corrected chi connectivity index (χ1v) is 14.2. The van der Waals surface area contributed by atoms with E-state index in [0.717, 1.165) is 29.0 Å². The molecule has 2 aromatic rings. The van der Waals surface area contributed by atoms with Crippen molar-refractivity contribution in [3.8, 4) is 0 Å². The maximum Gasteiger partial charge on any atom is 0.244 e. The molecular weight excluding hydrogens is 486 g/mol. The summed E-state index contributed by atoms with van der Waals surface area (Å²) in [5.74, 6) is -0.658. The number of sulfonamides is 1. The zero-order valence-electron chi connectivity index (χ0n) is 21.0. The predicted molar refractivity (Wildman–Crippen MR) is 142 cm³/mol. The van der Waals surface area contributed by atoms with Crippen LogP contribution in [0.5, 0.6) is 0 Å². The number of hydrogen-bond donors (Lipinski definition) is 1. The van der Waals surface area contributed by atoms with Crippen molar-refractivity contribution in [1.82, 2.24) is 10.2 Å². The fraction of sp³-hybridized carbons (Fsp3) is 0.462. The van der Waals surface area contributed by atoms with Crippen molar-refractivity contribution in [3.63, 3.8) is 0 Å². The summed E-state index contributed by atoms with van der Waals surface area (Å²) in [4.78, 5) is 28.1. The Labute approximate surface area is 214 Å². The first-order chi connectivity index (χ1) is 16.6. The van der Waals surface area contributed by atoms with Crippen LogP contribution in [0.4, 0.5) is 5.69 Å². The van der Waals surface area contributed by atoms with E-state index in [1.165, 1.54) is 4.90 Å². The number of nitrogens with zero attached hydrogens (tertiary/aromatic N) is 2.